The van der Waals surface area contributed by atoms with Crippen LogP contribution in [0.5, 0.6) is 0 Å². The van der Waals surface area contributed by atoms with Crippen molar-refractivity contribution < 1.29 is 4.79 Å². The van der Waals surface area contributed by atoms with Crippen LogP contribution in [0.3, 0.4) is 0 Å². The molecule has 0 aliphatic heterocycles. The third-order valence-corrected chi connectivity index (χ3v) is 5.66. The molecule has 1 heterocycles. The van der Waals surface area contributed by atoms with Crippen molar-refractivity contribution in [1.82, 2.24) is 14.8 Å². The number of benzene rings is 2. The zero-order valence-electron chi connectivity index (χ0n) is 15.5. The van der Waals surface area contributed by atoms with E-state index in [9.17, 15) is 4.79 Å². The predicted molar refractivity (Wildman–Crippen MR) is 114 cm³/mol. The number of hydrogen-bond acceptors (Lipinski definition) is 4. The van der Waals surface area contributed by atoms with E-state index in [0.29, 0.717) is 0 Å². The molecule has 5 nitrogen and oxygen atoms in total. The lowest BCUT2D eigenvalue weighted by Crippen LogP contribution is -2.15. The molecular weight excluding hydrogens is 424 g/mol. The Labute approximate surface area is 171 Å². The number of thioether (sulfide) groups is 1. The number of rotatable bonds is 6. The largest absolute Gasteiger partial charge is 0.324 e. The molecule has 1 amide bonds. The van der Waals surface area contributed by atoms with Gasteiger partial charge in [-0.3, -0.25) is 4.79 Å². The Morgan fingerprint density at radius 3 is 2.63 bits per heavy atom. The smallest absolute Gasteiger partial charge is 0.234 e. The topological polar surface area (TPSA) is 59.8 Å². The SMILES string of the molecule is CCn1c(SCC(=O)Nc2ccc(C)cc2Br)nnc1-c1cccc(C)c1. The Kier molecular flexibility index (Phi) is 6.34. The summed E-state index contributed by atoms with van der Waals surface area (Å²) in [4.78, 5) is 12.3. The number of carbonyl (C=O) groups is 1. The van der Waals surface area contributed by atoms with Crippen LogP contribution in [-0.4, -0.2) is 26.4 Å². The van der Waals surface area contributed by atoms with E-state index in [0.717, 1.165) is 38.8 Å². The summed E-state index contributed by atoms with van der Waals surface area (Å²) in [5.41, 5.74) is 4.11. The molecule has 0 saturated heterocycles. The van der Waals surface area contributed by atoms with Gasteiger partial charge in [-0.2, -0.15) is 0 Å². The second-order valence-electron chi connectivity index (χ2n) is 6.24. The minimum atomic E-state index is -0.0766. The summed E-state index contributed by atoms with van der Waals surface area (Å²) in [6, 6.07) is 14.0. The van der Waals surface area contributed by atoms with Gasteiger partial charge in [-0.05, 0) is 60.5 Å². The van der Waals surface area contributed by atoms with Gasteiger partial charge in [0, 0.05) is 16.6 Å². The first-order chi connectivity index (χ1) is 13.0. The highest BCUT2D eigenvalue weighted by atomic mass is 79.9. The molecular formula is C20H21BrN4OS. The quantitative estimate of drug-likeness (QED) is 0.538. The highest BCUT2D eigenvalue weighted by molar-refractivity contribution is 9.10. The van der Waals surface area contributed by atoms with E-state index >= 15 is 0 Å². The highest BCUT2D eigenvalue weighted by Crippen LogP contribution is 2.26. The molecule has 0 atom stereocenters. The molecule has 0 radical (unpaired) electrons. The first-order valence-electron chi connectivity index (χ1n) is 8.67. The number of hydrogen-bond donors (Lipinski definition) is 1. The summed E-state index contributed by atoms with van der Waals surface area (Å²) < 4.78 is 2.91. The van der Waals surface area contributed by atoms with Crippen LogP contribution in [0.25, 0.3) is 11.4 Å². The van der Waals surface area contributed by atoms with Gasteiger partial charge >= 0.3 is 0 Å². The molecule has 140 valence electrons. The zero-order valence-corrected chi connectivity index (χ0v) is 17.9. The number of amides is 1. The van der Waals surface area contributed by atoms with Crippen molar-refractivity contribution in [2.24, 2.45) is 0 Å². The summed E-state index contributed by atoms with van der Waals surface area (Å²) in [6.07, 6.45) is 0. The summed E-state index contributed by atoms with van der Waals surface area (Å²) in [5.74, 6) is 1.02. The van der Waals surface area contributed by atoms with E-state index in [4.69, 9.17) is 0 Å². The molecule has 0 spiro atoms. The first-order valence-corrected chi connectivity index (χ1v) is 10.4. The number of nitrogens with one attached hydrogen (secondary N) is 1. The van der Waals surface area contributed by atoms with Crippen LogP contribution >= 0.6 is 27.7 Å². The van der Waals surface area contributed by atoms with E-state index in [1.165, 1.54) is 17.3 Å². The van der Waals surface area contributed by atoms with Gasteiger partial charge in [0.25, 0.3) is 0 Å². The first kappa shape index (κ1) is 19.6. The zero-order chi connectivity index (χ0) is 19.4. The number of aromatic nitrogens is 3. The van der Waals surface area contributed by atoms with Crippen LogP contribution < -0.4 is 5.32 Å². The average Bonchev–Trinajstić information content (AvgIpc) is 3.05. The standard InChI is InChI=1S/C20H21BrN4OS/c1-4-25-19(15-7-5-6-13(2)10-15)23-24-20(25)27-12-18(26)22-17-9-8-14(3)11-16(17)21/h5-11H,4,12H2,1-3H3,(H,22,26). The van der Waals surface area contributed by atoms with Gasteiger partial charge < -0.3 is 9.88 Å². The molecule has 0 unspecified atom stereocenters. The highest BCUT2D eigenvalue weighted by Gasteiger charge is 2.15. The van der Waals surface area contributed by atoms with E-state index < -0.39 is 0 Å². The maximum absolute atomic E-state index is 12.3. The van der Waals surface area contributed by atoms with Crippen LogP contribution in [0.2, 0.25) is 0 Å². The van der Waals surface area contributed by atoms with Gasteiger partial charge in [0.1, 0.15) is 0 Å². The molecule has 0 fully saturated rings. The number of carbonyl (C=O) groups excluding carboxylic acids is 1. The summed E-state index contributed by atoms with van der Waals surface area (Å²) in [6.45, 7) is 6.86. The Bertz CT molecular complexity index is 970. The summed E-state index contributed by atoms with van der Waals surface area (Å²) in [5, 5.41) is 12.3. The van der Waals surface area contributed by atoms with E-state index in [1.807, 2.05) is 41.8 Å². The second kappa shape index (κ2) is 8.71. The Morgan fingerprint density at radius 2 is 1.93 bits per heavy atom. The van der Waals surface area contributed by atoms with E-state index in [-0.39, 0.29) is 11.7 Å². The minimum absolute atomic E-state index is 0.0766. The number of nitrogens with zero attached hydrogens (tertiary/aromatic N) is 3. The summed E-state index contributed by atoms with van der Waals surface area (Å²) >= 11 is 4.87. The molecule has 7 heteroatoms. The number of halogens is 1. The molecule has 3 aromatic rings. The van der Waals surface area contributed by atoms with E-state index in [2.05, 4.69) is 57.4 Å². The fourth-order valence-corrected chi connectivity index (χ4v) is 4.11. The van der Waals surface area contributed by atoms with Crippen molar-refractivity contribution >= 4 is 39.3 Å². The van der Waals surface area contributed by atoms with Crippen LogP contribution in [0.15, 0.2) is 52.1 Å². The molecule has 0 bridgehead atoms. The van der Waals surface area contributed by atoms with Crippen molar-refractivity contribution in [3.8, 4) is 11.4 Å². The Balaban J connectivity index is 1.70. The monoisotopic (exact) mass is 444 g/mol. The molecule has 1 N–H and O–H groups in total. The third-order valence-electron chi connectivity index (χ3n) is 4.04. The van der Waals surface area contributed by atoms with Crippen LogP contribution in [0.1, 0.15) is 18.1 Å². The maximum Gasteiger partial charge on any atom is 0.234 e. The number of anilines is 1. The van der Waals surface area contributed by atoms with Gasteiger partial charge in [0.05, 0.1) is 11.4 Å². The van der Waals surface area contributed by atoms with Crippen molar-refractivity contribution in [2.75, 3.05) is 11.1 Å². The molecule has 0 aliphatic carbocycles. The van der Waals surface area contributed by atoms with Crippen molar-refractivity contribution in [3.63, 3.8) is 0 Å². The van der Waals surface area contributed by atoms with Gasteiger partial charge in [-0.25, -0.2) is 0 Å². The lowest BCUT2D eigenvalue weighted by Gasteiger charge is -2.09. The molecule has 0 saturated carbocycles. The van der Waals surface area contributed by atoms with Crippen LogP contribution in [0, 0.1) is 13.8 Å². The molecule has 1 aromatic heterocycles. The molecule has 3 rings (SSSR count). The van der Waals surface area contributed by atoms with E-state index in [1.54, 1.807) is 0 Å². The van der Waals surface area contributed by atoms with Gasteiger partial charge in [-0.1, -0.05) is 41.6 Å². The van der Waals surface area contributed by atoms with Gasteiger partial charge in [0.15, 0.2) is 11.0 Å². The molecule has 27 heavy (non-hydrogen) atoms. The van der Waals surface area contributed by atoms with Crippen molar-refractivity contribution in [1.29, 1.82) is 0 Å². The van der Waals surface area contributed by atoms with Gasteiger partial charge in [-0.15, -0.1) is 10.2 Å². The van der Waals surface area contributed by atoms with Crippen molar-refractivity contribution in [2.45, 2.75) is 32.5 Å². The van der Waals surface area contributed by atoms with Gasteiger partial charge in [0.2, 0.25) is 5.91 Å². The average molecular weight is 445 g/mol. The Morgan fingerprint density at radius 1 is 1.15 bits per heavy atom. The Hall–Kier alpha value is -2.12. The predicted octanol–water partition coefficient (Wildman–Crippen LogP) is 5.08. The van der Waals surface area contributed by atoms with Crippen LogP contribution in [0.4, 0.5) is 5.69 Å². The fraction of sp³-hybridized carbons (Fsp3) is 0.250. The summed E-state index contributed by atoms with van der Waals surface area (Å²) in [7, 11) is 0. The molecule has 2 aromatic carbocycles. The maximum atomic E-state index is 12.3. The van der Waals surface area contributed by atoms with Crippen LogP contribution in [-0.2, 0) is 11.3 Å². The lowest BCUT2D eigenvalue weighted by molar-refractivity contribution is -0.113. The number of aryl methyl sites for hydroxylation is 2. The lowest BCUT2D eigenvalue weighted by atomic mass is 10.1. The molecule has 0 aliphatic rings. The minimum Gasteiger partial charge on any atom is -0.324 e. The normalized spacial score (nSPS) is 10.8. The third kappa shape index (κ3) is 4.78. The second-order valence-corrected chi connectivity index (χ2v) is 8.04. The fourth-order valence-electron chi connectivity index (χ4n) is 2.72. The van der Waals surface area contributed by atoms with Crippen molar-refractivity contribution in [3.05, 3.63) is 58.1 Å².